The Morgan fingerprint density at radius 2 is 0.711 bits per heavy atom. The predicted molar refractivity (Wildman–Crippen MR) is 323 cm³/mol. The maximum absolute atomic E-state index is 12.9. The van der Waals surface area contributed by atoms with E-state index in [2.05, 4.69) is 38.2 Å². The van der Waals surface area contributed by atoms with E-state index in [0.717, 1.165) is 44.9 Å². The molecule has 0 aromatic heterocycles. The summed E-state index contributed by atoms with van der Waals surface area (Å²) in [6.45, 7) is 4.94. The lowest BCUT2D eigenvalue weighted by Crippen LogP contribution is -2.40. The summed E-state index contributed by atoms with van der Waals surface area (Å²) in [5, 5.41) is 9.73. The van der Waals surface area contributed by atoms with Crippen LogP contribution in [0, 0.1) is 0 Å². The number of carbonyl (C=O) groups is 3. The van der Waals surface area contributed by atoms with E-state index >= 15 is 0 Å². The first kappa shape index (κ1) is 73.8. The van der Waals surface area contributed by atoms with Gasteiger partial charge in [0.25, 0.3) is 6.29 Å². The highest BCUT2D eigenvalue weighted by molar-refractivity contribution is 5.71. The van der Waals surface area contributed by atoms with E-state index in [9.17, 15) is 19.5 Å². The van der Waals surface area contributed by atoms with Crippen LogP contribution in [-0.2, 0) is 33.3 Å². The smallest absolute Gasteiger partial charge is 0.361 e. The summed E-state index contributed by atoms with van der Waals surface area (Å²) in [6.07, 6.45) is 68.5. The van der Waals surface area contributed by atoms with E-state index in [1.165, 1.54) is 257 Å². The third-order valence-corrected chi connectivity index (χ3v) is 15.0. The molecule has 9 heteroatoms. The molecule has 0 bridgehead atoms. The summed E-state index contributed by atoms with van der Waals surface area (Å²) in [6, 6.07) is 0. The summed E-state index contributed by atoms with van der Waals surface area (Å²) in [4.78, 5) is 37.5. The molecule has 0 aliphatic heterocycles. The second kappa shape index (κ2) is 58.9. The average molecular weight is 1080 g/mol. The van der Waals surface area contributed by atoms with Crippen LogP contribution in [0.4, 0.5) is 0 Å². The fourth-order valence-corrected chi connectivity index (χ4v) is 9.87. The van der Waals surface area contributed by atoms with Gasteiger partial charge in [0.2, 0.25) is 0 Å². The highest BCUT2D eigenvalue weighted by Gasteiger charge is 2.25. The number of carboxylic acids is 1. The Morgan fingerprint density at radius 3 is 1.04 bits per heavy atom. The molecule has 1 N–H and O–H groups in total. The number of unbranched alkanes of at least 4 members (excludes halogenated alkanes) is 43. The van der Waals surface area contributed by atoms with Crippen LogP contribution in [0.1, 0.15) is 328 Å². The third kappa shape index (κ3) is 59.4. The molecule has 0 aromatic rings. The van der Waals surface area contributed by atoms with Crippen LogP contribution in [0.5, 0.6) is 0 Å². The number of nitrogens with zero attached hydrogens (tertiary/aromatic N) is 1. The van der Waals surface area contributed by atoms with Crippen molar-refractivity contribution in [3.63, 3.8) is 0 Å². The van der Waals surface area contributed by atoms with Gasteiger partial charge < -0.3 is 28.5 Å². The predicted octanol–water partition coefficient (Wildman–Crippen LogP) is 19.9. The molecular formula is C67H128NO8+. The number of hydrogen-bond donors (Lipinski definition) is 1. The van der Waals surface area contributed by atoms with Crippen LogP contribution in [0.3, 0.4) is 0 Å². The summed E-state index contributed by atoms with van der Waals surface area (Å²) in [5.74, 6) is -1.98. The number of aliphatic carboxylic acids is 1. The fraction of sp³-hybridized carbons (Fsp3) is 0.896. The second-order valence-corrected chi connectivity index (χ2v) is 23.8. The lowest BCUT2D eigenvalue weighted by molar-refractivity contribution is -0.870. The Balaban J connectivity index is 4.12. The molecule has 0 aliphatic rings. The monoisotopic (exact) mass is 1070 g/mol. The van der Waals surface area contributed by atoms with E-state index in [0.29, 0.717) is 17.4 Å². The zero-order valence-corrected chi connectivity index (χ0v) is 51.2. The van der Waals surface area contributed by atoms with E-state index < -0.39 is 18.4 Å². The fourth-order valence-electron chi connectivity index (χ4n) is 9.87. The maximum Gasteiger partial charge on any atom is 0.361 e. The van der Waals surface area contributed by atoms with Gasteiger partial charge in [-0.05, 0) is 44.9 Å². The van der Waals surface area contributed by atoms with Crippen molar-refractivity contribution in [2.75, 3.05) is 47.5 Å². The van der Waals surface area contributed by atoms with Crippen LogP contribution >= 0.6 is 0 Å². The van der Waals surface area contributed by atoms with E-state index in [-0.39, 0.29) is 38.2 Å². The van der Waals surface area contributed by atoms with Gasteiger partial charge in [0.15, 0.2) is 6.10 Å². The number of hydrogen-bond acceptors (Lipinski definition) is 7. The van der Waals surface area contributed by atoms with Gasteiger partial charge in [0.05, 0.1) is 34.4 Å². The van der Waals surface area contributed by atoms with Crippen molar-refractivity contribution in [1.29, 1.82) is 0 Å². The molecule has 448 valence electrons. The zero-order valence-electron chi connectivity index (χ0n) is 51.2. The molecule has 0 amide bonds. The number of carbonyl (C=O) groups excluding carboxylic acids is 2. The molecule has 0 radical (unpaired) electrons. The van der Waals surface area contributed by atoms with Gasteiger partial charge >= 0.3 is 17.9 Å². The van der Waals surface area contributed by atoms with Crippen molar-refractivity contribution < 1.29 is 42.9 Å². The minimum atomic E-state index is -1.51. The number of rotatable bonds is 62. The highest BCUT2D eigenvalue weighted by Crippen LogP contribution is 2.18. The Labute approximate surface area is 471 Å². The topological polar surface area (TPSA) is 108 Å². The minimum Gasteiger partial charge on any atom is -0.477 e. The zero-order chi connectivity index (χ0) is 55.5. The van der Waals surface area contributed by atoms with Gasteiger partial charge in [-0.2, -0.15) is 0 Å². The van der Waals surface area contributed by atoms with Crippen LogP contribution in [0.15, 0.2) is 24.3 Å². The molecule has 0 spiro atoms. The van der Waals surface area contributed by atoms with Gasteiger partial charge in [-0.3, -0.25) is 9.59 Å². The van der Waals surface area contributed by atoms with Gasteiger partial charge in [-0.15, -0.1) is 0 Å². The SMILES string of the molecule is CCCCCCC/C=C\C/C=C\CCCCCCCCCCCCCCCCCC(=O)OC(COC(=O)CCCCCCCCCCCCCCCCCCCCCCCCCC)COC(OCC[N+](C)(C)C)C(=O)O. The molecule has 2 atom stereocenters. The average Bonchev–Trinajstić information content (AvgIpc) is 3.39. The van der Waals surface area contributed by atoms with Crippen molar-refractivity contribution in [2.24, 2.45) is 0 Å². The van der Waals surface area contributed by atoms with Crippen molar-refractivity contribution in [3.05, 3.63) is 24.3 Å². The summed E-state index contributed by atoms with van der Waals surface area (Å²) >= 11 is 0. The van der Waals surface area contributed by atoms with Gasteiger partial charge in [0.1, 0.15) is 13.2 Å². The number of allylic oxidation sites excluding steroid dienone is 4. The van der Waals surface area contributed by atoms with Crippen LogP contribution in [0.2, 0.25) is 0 Å². The molecule has 9 nitrogen and oxygen atoms in total. The van der Waals surface area contributed by atoms with E-state index in [1.54, 1.807) is 0 Å². The minimum absolute atomic E-state index is 0.175. The van der Waals surface area contributed by atoms with Crippen molar-refractivity contribution in [2.45, 2.75) is 341 Å². The lowest BCUT2D eigenvalue weighted by atomic mass is 10.0. The van der Waals surface area contributed by atoms with Crippen LogP contribution < -0.4 is 0 Å². The third-order valence-electron chi connectivity index (χ3n) is 15.0. The number of carboxylic acid groups (broad SMARTS) is 1. The molecule has 0 aromatic carbocycles. The number of likely N-dealkylation sites (N-methyl/N-ethyl adjacent to an activating group) is 1. The highest BCUT2D eigenvalue weighted by atomic mass is 16.7. The standard InChI is InChI=1S/C67H127NO8/c1-6-8-10-12-14-16-18-20-22-24-26-28-30-32-33-34-36-38-40-42-44-46-48-50-52-54-56-58-65(70)76-63(62-75-67(66(71)72)73-60-59-68(3,4)5)61-74-64(69)57-55-53-51-49-47-45-43-41-39-37-35-31-29-27-25-23-21-19-17-15-13-11-9-7-2/h18,20,24,26,63,67H,6-17,19,21-23,25,27-62H2,1-5H3/p+1/b20-18-,26-24-. The normalized spacial score (nSPS) is 12.8. The first-order chi connectivity index (χ1) is 37.1. The molecule has 2 unspecified atom stereocenters. The first-order valence-electron chi connectivity index (χ1n) is 33.0. The molecular weight excluding hydrogens is 947 g/mol. The largest absolute Gasteiger partial charge is 0.477 e. The molecule has 0 fully saturated rings. The van der Waals surface area contributed by atoms with Crippen LogP contribution in [-0.4, -0.2) is 87.4 Å². The number of ether oxygens (including phenoxy) is 4. The van der Waals surface area contributed by atoms with Gasteiger partial charge in [-0.25, -0.2) is 4.79 Å². The summed E-state index contributed by atoms with van der Waals surface area (Å²) < 4.78 is 23.0. The van der Waals surface area contributed by atoms with Gasteiger partial charge in [0, 0.05) is 12.8 Å². The van der Waals surface area contributed by atoms with Crippen molar-refractivity contribution in [1.82, 2.24) is 0 Å². The first-order valence-corrected chi connectivity index (χ1v) is 33.0. The quantitative estimate of drug-likeness (QED) is 0.0211. The Bertz CT molecular complexity index is 1300. The van der Waals surface area contributed by atoms with E-state index in [1.807, 2.05) is 21.1 Å². The van der Waals surface area contributed by atoms with E-state index in [4.69, 9.17) is 18.9 Å². The Kier molecular flexibility index (Phi) is 57.2. The van der Waals surface area contributed by atoms with Crippen LogP contribution in [0.25, 0.3) is 0 Å². The number of quaternary nitrogens is 1. The summed E-state index contributed by atoms with van der Waals surface area (Å²) in [5.41, 5.74) is 0. The maximum atomic E-state index is 12.9. The van der Waals surface area contributed by atoms with Crippen molar-refractivity contribution in [3.8, 4) is 0 Å². The molecule has 0 saturated carbocycles. The molecule has 0 saturated heterocycles. The number of esters is 2. The van der Waals surface area contributed by atoms with Gasteiger partial charge in [-0.1, -0.05) is 295 Å². The summed E-state index contributed by atoms with van der Waals surface area (Å²) in [7, 11) is 5.99. The Morgan fingerprint density at radius 1 is 0.395 bits per heavy atom. The van der Waals surface area contributed by atoms with Crippen molar-refractivity contribution >= 4 is 17.9 Å². The molecule has 76 heavy (non-hydrogen) atoms. The Hall–Kier alpha value is -2.23. The molecule has 0 heterocycles. The molecule has 0 aliphatic carbocycles. The molecule has 0 rings (SSSR count). The second-order valence-electron chi connectivity index (χ2n) is 23.8. The lowest BCUT2D eigenvalue weighted by Gasteiger charge is -2.25.